The van der Waals surface area contributed by atoms with Crippen LogP contribution in [0.5, 0.6) is 5.75 Å². The van der Waals surface area contributed by atoms with E-state index >= 15 is 0 Å². The summed E-state index contributed by atoms with van der Waals surface area (Å²) in [6.45, 7) is 6.86. The lowest BCUT2D eigenvalue weighted by molar-refractivity contribution is 0.374. The zero-order chi connectivity index (χ0) is 13.8. The van der Waals surface area contributed by atoms with Crippen LogP contribution < -0.4 is 5.32 Å². The van der Waals surface area contributed by atoms with E-state index in [-0.39, 0.29) is 0 Å². The van der Waals surface area contributed by atoms with Crippen molar-refractivity contribution in [2.75, 3.05) is 0 Å². The van der Waals surface area contributed by atoms with E-state index in [1.807, 2.05) is 12.1 Å². The lowest BCUT2D eigenvalue weighted by atomic mass is 9.87. The molecule has 2 unspecified atom stereocenters. The minimum atomic E-state index is 0.396. The van der Waals surface area contributed by atoms with Gasteiger partial charge in [-0.2, -0.15) is 0 Å². The molecule has 0 spiro atoms. The Kier molecular flexibility index (Phi) is 4.87. The van der Waals surface area contributed by atoms with Gasteiger partial charge in [0.1, 0.15) is 5.75 Å². The first-order valence-corrected chi connectivity index (χ1v) is 7.64. The molecule has 19 heavy (non-hydrogen) atoms. The monoisotopic (exact) mass is 261 g/mol. The zero-order valence-electron chi connectivity index (χ0n) is 12.4. The van der Waals surface area contributed by atoms with Crippen molar-refractivity contribution in [3.8, 4) is 5.75 Å². The van der Waals surface area contributed by atoms with Gasteiger partial charge >= 0.3 is 0 Å². The number of aromatic hydroxyl groups is 1. The van der Waals surface area contributed by atoms with E-state index in [0.717, 1.165) is 12.3 Å². The summed E-state index contributed by atoms with van der Waals surface area (Å²) >= 11 is 0. The van der Waals surface area contributed by atoms with Crippen molar-refractivity contribution in [3.05, 3.63) is 29.3 Å². The lowest BCUT2D eigenvalue weighted by Crippen LogP contribution is -2.32. The number of phenols is 1. The minimum absolute atomic E-state index is 0.396. The molecule has 0 heterocycles. The van der Waals surface area contributed by atoms with Gasteiger partial charge in [0.2, 0.25) is 0 Å². The standard InChI is InChI=1S/C17H27NO/c1-12(2)7-8-13(3)18-17-6-4-5-14-11-15(19)9-10-16(14)17/h9-13,17-19H,4-8H2,1-3H3. The topological polar surface area (TPSA) is 32.3 Å². The van der Waals surface area contributed by atoms with Gasteiger partial charge in [-0.3, -0.25) is 0 Å². The van der Waals surface area contributed by atoms with Crippen LogP contribution >= 0.6 is 0 Å². The van der Waals surface area contributed by atoms with E-state index in [9.17, 15) is 5.11 Å². The number of hydrogen-bond acceptors (Lipinski definition) is 2. The van der Waals surface area contributed by atoms with Crippen LogP contribution in [0.1, 0.15) is 63.6 Å². The second-order valence-electron chi connectivity index (χ2n) is 6.37. The van der Waals surface area contributed by atoms with E-state index in [1.165, 1.54) is 36.8 Å². The first-order valence-electron chi connectivity index (χ1n) is 7.64. The summed E-state index contributed by atoms with van der Waals surface area (Å²) in [5, 5.41) is 13.3. The highest BCUT2D eigenvalue weighted by Gasteiger charge is 2.21. The smallest absolute Gasteiger partial charge is 0.115 e. The average molecular weight is 261 g/mol. The summed E-state index contributed by atoms with van der Waals surface area (Å²) in [4.78, 5) is 0. The van der Waals surface area contributed by atoms with E-state index < -0.39 is 0 Å². The molecule has 106 valence electrons. The number of fused-ring (bicyclic) bond motifs is 1. The second kappa shape index (κ2) is 6.42. The summed E-state index contributed by atoms with van der Waals surface area (Å²) in [7, 11) is 0. The van der Waals surface area contributed by atoms with Gasteiger partial charge < -0.3 is 10.4 Å². The van der Waals surface area contributed by atoms with E-state index in [1.54, 1.807) is 0 Å². The molecule has 0 radical (unpaired) electrons. The molecule has 0 fully saturated rings. The fourth-order valence-electron chi connectivity index (χ4n) is 2.98. The fraction of sp³-hybridized carbons (Fsp3) is 0.647. The van der Waals surface area contributed by atoms with E-state index in [4.69, 9.17) is 0 Å². The molecule has 1 aliphatic rings. The minimum Gasteiger partial charge on any atom is -0.508 e. The molecule has 0 saturated carbocycles. The average Bonchev–Trinajstić information content (AvgIpc) is 2.36. The Morgan fingerprint density at radius 3 is 2.79 bits per heavy atom. The maximum Gasteiger partial charge on any atom is 0.115 e. The van der Waals surface area contributed by atoms with Crippen LogP contribution in [-0.2, 0) is 6.42 Å². The summed E-state index contributed by atoms with van der Waals surface area (Å²) in [6.07, 6.45) is 6.04. The fourth-order valence-corrected chi connectivity index (χ4v) is 2.98. The Morgan fingerprint density at radius 1 is 1.26 bits per heavy atom. The van der Waals surface area contributed by atoms with Gasteiger partial charge in [0.05, 0.1) is 0 Å². The number of rotatable bonds is 5. The number of hydrogen-bond donors (Lipinski definition) is 2. The van der Waals surface area contributed by atoms with Crippen molar-refractivity contribution in [1.82, 2.24) is 5.32 Å². The lowest BCUT2D eigenvalue weighted by Gasteiger charge is -2.29. The summed E-state index contributed by atoms with van der Waals surface area (Å²) in [5.41, 5.74) is 2.71. The molecule has 2 heteroatoms. The second-order valence-corrected chi connectivity index (χ2v) is 6.37. The van der Waals surface area contributed by atoms with Gasteiger partial charge in [0.25, 0.3) is 0 Å². The third kappa shape index (κ3) is 3.97. The molecule has 2 N–H and O–H groups in total. The quantitative estimate of drug-likeness (QED) is 0.833. The number of aryl methyl sites for hydroxylation is 1. The molecular weight excluding hydrogens is 234 g/mol. The van der Waals surface area contributed by atoms with Crippen molar-refractivity contribution >= 4 is 0 Å². The maximum absolute atomic E-state index is 9.58. The SMILES string of the molecule is CC(C)CCC(C)NC1CCCc2cc(O)ccc21. The Hall–Kier alpha value is -1.02. The Labute approximate surface area is 117 Å². The third-order valence-electron chi connectivity index (χ3n) is 4.10. The van der Waals surface area contributed by atoms with Crippen LogP contribution in [0.15, 0.2) is 18.2 Å². The maximum atomic E-state index is 9.58. The van der Waals surface area contributed by atoms with Gasteiger partial charge in [-0.05, 0) is 68.2 Å². The molecular formula is C17H27NO. The Bertz CT molecular complexity index is 414. The van der Waals surface area contributed by atoms with E-state index in [2.05, 4.69) is 32.2 Å². The first-order chi connectivity index (χ1) is 9.06. The normalized spacial score (nSPS) is 20.3. The molecule has 0 amide bonds. The van der Waals surface area contributed by atoms with Gasteiger partial charge in [-0.1, -0.05) is 19.9 Å². The zero-order valence-corrected chi connectivity index (χ0v) is 12.4. The number of benzene rings is 1. The highest BCUT2D eigenvalue weighted by Crippen LogP contribution is 2.32. The highest BCUT2D eigenvalue weighted by molar-refractivity contribution is 5.38. The number of phenolic OH excluding ortho intramolecular Hbond substituents is 1. The Balaban J connectivity index is 1.99. The Morgan fingerprint density at radius 2 is 2.05 bits per heavy atom. The van der Waals surface area contributed by atoms with Crippen LogP contribution in [0.3, 0.4) is 0 Å². The molecule has 0 bridgehead atoms. The van der Waals surface area contributed by atoms with Crippen molar-refractivity contribution in [2.45, 2.75) is 65.0 Å². The molecule has 0 aliphatic heterocycles. The van der Waals surface area contributed by atoms with Crippen molar-refractivity contribution in [3.63, 3.8) is 0 Å². The number of nitrogens with one attached hydrogen (secondary N) is 1. The summed E-state index contributed by atoms with van der Waals surface area (Å²) < 4.78 is 0. The van der Waals surface area contributed by atoms with Crippen LogP contribution in [0.2, 0.25) is 0 Å². The molecule has 0 aromatic heterocycles. The van der Waals surface area contributed by atoms with Gasteiger partial charge in [-0.25, -0.2) is 0 Å². The van der Waals surface area contributed by atoms with Crippen molar-refractivity contribution in [2.24, 2.45) is 5.92 Å². The van der Waals surface area contributed by atoms with Crippen LogP contribution in [0, 0.1) is 5.92 Å². The summed E-state index contributed by atoms with van der Waals surface area (Å²) in [5.74, 6) is 1.17. The molecule has 1 aromatic rings. The highest BCUT2D eigenvalue weighted by atomic mass is 16.3. The molecule has 0 saturated heterocycles. The molecule has 2 rings (SSSR count). The predicted molar refractivity (Wildman–Crippen MR) is 80.5 cm³/mol. The molecule has 2 nitrogen and oxygen atoms in total. The van der Waals surface area contributed by atoms with Crippen LogP contribution in [-0.4, -0.2) is 11.1 Å². The first kappa shape index (κ1) is 14.4. The molecule has 1 aliphatic carbocycles. The van der Waals surface area contributed by atoms with Crippen LogP contribution in [0.25, 0.3) is 0 Å². The summed E-state index contributed by atoms with van der Waals surface area (Å²) in [6, 6.07) is 6.87. The molecule has 2 atom stereocenters. The third-order valence-corrected chi connectivity index (χ3v) is 4.10. The van der Waals surface area contributed by atoms with Crippen LogP contribution in [0.4, 0.5) is 0 Å². The van der Waals surface area contributed by atoms with Crippen molar-refractivity contribution < 1.29 is 5.11 Å². The van der Waals surface area contributed by atoms with Gasteiger partial charge in [0.15, 0.2) is 0 Å². The van der Waals surface area contributed by atoms with Gasteiger partial charge in [-0.15, -0.1) is 0 Å². The van der Waals surface area contributed by atoms with E-state index in [0.29, 0.717) is 17.8 Å². The van der Waals surface area contributed by atoms with Gasteiger partial charge in [0, 0.05) is 12.1 Å². The predicted octanol–water partition coefficient (Wildman–Crippen LogP) is 4.18. The molecule has 1 aromatic carbocycles. The van der Waals surface area contributed by atoms with Crippen molar-refractivity contribution in [1.29, 1.82) is 0 Å². The largest absolute Gasteiger partial charge is 0.508 e.